The third-order valence-electron chi connectivity index (χ3n) is 5.24. The van der Waals surface area contributed by atoms with E-state index in [-0.39, 0.29) is 24.7 Å². The van der Waals surface area contributed by atoms with E-state index in [0.717, 1.165) is 24.2 Å². The molecule has 1 saturated heterocycles. The molecule has 2 fully saturated rings. The van der Waals surface area contributed by atoms with Gasteiger partial charge < -0.3 is 19.9 Å². The number of imidazole rings is 1. The van der Waals surface area contributed by atoms with Crippen LogP contribution in [0.1, 0.15) is 29.0 Å². The van der Waals surface area contributed by atoms with Crippen molar-refractivity contribution in [2.45, 2.75) is 19.3 Å². The molecule has 1 aliphatic heterocycles. The SMILES string of the molecule is O=C(O)N1CCN(C(=O)c2[nH]c(=O)n(-c3ccccc3)c2CC2CC2)CC1. The van der Waals surface area contributed by atoms with Gasteiger partial charge in [0.05, 0.1) is 11.4 Å². The molecular weight excluding hydrogens is 348 g/mol. The van der Waals surface area contributed by atoms with Crippen LogP contribution in [0.15, 0.2) is 35.1 Å². The van der Waals surface area contributed by atoms with Crippen LogP contribution in [0.3, 0.4) is 0 Å². The van der Waals surface area contributed by atoms with Crippen molar-refractivity contribution >= 4 is 12.0 Å². The van der Waals surface area contributed by atoms with E-state index in [1.165, 1.54) is 4.90 Å². The topological polar surface area (TPSA) is 98.6 Å². The summed E-state index contributed by atoms with van der Waals surface area (Å²) in [5.74, 6) is 0.271. The Morgan fingerprint density at radius 3 is 2.26 bits per heavy atom. The molecule has 1 aromatic carbocycles. The maximum atomic E-state index is 13.1. The molecule has 4 rings (SSSR count). The highest BCUT2D eigenvalue weighted by Crippen LogP contribution is 2.33. The molecule has 0 radical (unpaired) electrons. The molecular formula is C19H22N4O4. The lowest BCUT2D eigenvalue weighted by atomic mass is 10.1. The van der Waals surface area contributed by atoms with Gasteiger partial charge in [-0.1, -0.05) is 18.2 Å². The minimum absolute atomic E-state index is 0.234. The van der Waals surface area contributed by atoms with Gasteiger partial charge in [0.2, 0.25) is 0 Å². The molecule has 0 bridgehead atoms. The summed E-state index contributed by atoms with van der Waals surface area (Å²) in [7, 11) is 0. The summed E-state index contributed by atoms with van der Waals surface area (Å²) in [4.78, 5) is 42.5. The molecule has 2 amide bonds. The van der Waals surface area contributed by atoms with Crippen LogP contribution in [0.5, 0.6) is 0 Å². The summed E-state index contributed by atoms with van der Waals surface area (Å²) in [5.41, 5.74) is 1.48. The van der Waals surface area contributed by atoms with Gasteiger partial charge in [0, 0.05) is 26.2 Å². The maximum absolute atomic E-state index is 13.1. The lowest BCUT2D eigenvalue weighted by Gasteiger charge is -2.33. The van der Waals surface area contributed by atoms with Gasteiger partial charge in [-0.3, -0.25) is 9.36 Å². The number of piperazine rings is 1. The molecule has 2 aromatic rings. The monoisotopic (exact) mass is 370 g/mol. The highest BCUT2D eigenvalue weighted by Gasteiger charge is 2.32. The van der Waals surface area contributed by atoms with Crippen molar-refractivity contribution in [3.05, 3.63) is 52.2 Å². The number of carboxylic acid groups (broad SMARTS) is 1. The number of hydrogen-bond donors (Lipinski definition) is 2. The minimum Gasteiger partial charge on any atom is -0.465 e. The second-order valence-corrected chi connectivity index (χ2v) is 7.13. The van der Waals surface area contributed by atoms with E-state index in [1.807, 2.05) is 30.3 Å². The highest BCUT2D eigenvalue weighted by atomic mass is 16.4. The fourth-order valence-electron chi connectivity index (χ4n) is 3.54. The van der Waals surface area contributed by atoms with Gasteiger partial charge in [0.1, 0.15) is 5.69 Å². The first-order chi connectivity index (χ1) is 13.0. The zero-order valence-electron chi connectivity index (χ0n) is 14.9. The molecule has 2 N–H and O–H groups in total. The Kier molecular flexibility index (Phi) is 4.47. The van der Waals surface area contributed by atoms with E-state index in [9.17, 15) is 14.4 Å². The first-order valence-corrected chi connectivity index (χ1v) is 9.21. The van der Waals surface area contributed by atoms with Crippen LogP contribution in [-0.2, 0) is 6.42 Å². The fourth-order valence-corrected chi connectivity index (χ4v) is 3.54. The number of carbonyl (C=O) groups is 2. The highest BCUT2D eigenvalue weighted by molar-refractivity contribution is 5.94. The van der Waals surface area contributed by atoms with Gasteiger partial charge in [-0.05, 0) is 37.3 Å². The fraction of sp³-hybridized carbons (Fsp3) is 0.421. The number of H-pyrrole nitrogens is 1. The van der Waals surface area contributed by atoms with Crippen LogP contribution in [0.25, 0.3) is 5.69 Å². The molecule has 0 unspecified atom stereocenters. The van der Waals surface area contributed by atoms with Crippen LogP contribution >= 0.6 is 0 Å². The molecule has 2 heterocycles. The molecule has 8 heteroatoms. The third kappa shape index (κ3) is 3.47. The standard InChI is InChI=1S/C19H22N4O4/c24-17(21-8-10-22(11-9-21)19(26)27)16-15(12-13-6-7-13)23(18(25)20-16)14-4-2-1-3-5-14/h1-5,13H,6-12H2,(H,20,25)(H,26,27). The quantitative estimate of drug-likeness (QED) is 0.853. The van der Waals surface area contributed by atoms with E-state index in [0.29, 0.717) is 31.1 Å². The van der Waals surface area contributed by atoms with Gasteiger partial charge >= 0.3 is 11.8 Å². The minimum atomic E-state index is -0.972. The number of hydrogen-bond acceptors (Lipinski definition) is 3. The molecule has 1 aromatic heterocycles. The summed E-state index contributed by atoms with van der Waals surface area (Å²) in [6, 6.07) is 9.32. The van der Waals surface area contributed by atoms with Crippen molar-refractivity contribution in [2.75, 3.05) is 26.2 Å². The van der Waals surface area contributed by atoms with Gasteiger partial charge in [-0.25, -0.2) is 9.59 Å². The molecule has 8 nitrogen and oxygen atoms in total. The van der Waals surface area contributed by atoms with Crippen molar-refractivity contribution in [1.29, 1.82) is 0 Å². The van der Waals surface area contributed by atoms with Crippen molar-refractivity contribution < 1.29 is 14.7 Å². The predicted octanol–water partition coefficient (Wildman–Crippen LogP) is 1.55. The average Bonchev–Trinajstić information content (AvgIpc) is 3.44. The average molecular weight is 370 g/mol. The summed E-state index contributed by atoms with van der Waals surface area (Å²) >= 11 is 0. The second kappa shape index (κ2) is 6.94. The molecule has 27 heavy (non-hydrogen) atoms. The van der Waals surface area contributed by atoms with Gasteiger partial charge in [0.15, 0.2) is 0 Å². The number of nitrogens with zero attached hydrogens (tertiary/aromatic N) is 3. The first-order valence-electron chi connectivity index (χ1n) is 9.21. The zero-order chi connectivity index (χ0) is 19.0. The largest absolute Gasteiger partial charge is 0.465 e. The van der Waals surface area contributed by atoms with Crippen LogP contribution in [-0.4, -0.2) is 62.6 Å². The Hall–Kier alpha value is -3.03. The number of aromatic nitrogens is 2. The van der Waals surface area contributed by atoms with E-state index in [2.05, 4.69) is 4.98 Å². The van der Waals surface area contributed by atoms with Crippen LogP contribution in [0.2, 0.25) is 0 Å². The van der Waals surface area contributed by atoms with Gasteiger partial charge in [-0.2, -0.15) is 0 Å². The lowest BCUT2D eigenvalue weighted by Crippen LogP contribution is -2.50. The number of aromatic amines is 1. The molecule has 1 saturated carbocycles. The molecule has 0 atom stereocenters. The Balaban J connectivity index is 1.65. The number of para-hydroxylation sites is 1. The van der Waals surface area contributed by atoms with Crippen molar-refractivity contribution in [1.82, 2.24) is 19.4 Å². The second-order valence-electron chi connectivity index (χ2n) is 7.13. The van der Waals surface area contributed by atoms with Gasteiger partial charge in [0.25, 0.3) is 5.91 Å². The van der Waals surface area contributed by atoms with Crippen molar-refractivity contribution in [3.8, 4) is 5.69 Å². The smallest absolute Gasteiger partial charge is 0.407 e. The summed E-state index contributed by atoms with van der Waals surface area (Å²) < 4.78 is 1.60. The van der Waals surface area contributed by atoms with Crippen molar-refractivity contribution in [2.24, 2.45) is 5.92 Å². The molecule has 1 aliphatic carbocycles. The van der Waals surface area contributed by atoms with Gasteiger partial charge in [-0.15, -0.1) is 0 Å². The van der Waals surface area contributed by atoms with E-state index in [1.54, 1.807) is 9.47 Å². The van der Waals surface area contributed by atoms with E-state index in [4.69, 9.17) is 5.11 Å². The van der Waals surface area contributed by atoms with E-state index >= 15 is 0 Å². The third-order valence-corrected chi connectivity index (χ3v) is 5.24. The Morgan fingerprint density at radius 2 is 1.67 bits per heavy atom. The molecule has 142 valence electrons. The maximum Gasteiger partial charge on any atom is 0.407 e. The molecule has 0 spiro atoms. The number of amides is 2. The summed E-state index contributed by atoms with van der Waals surface area (Å²) in [6.07, 6.45) is 1.93. The van der Waals surface area contributed by atoms with Crippen LogP contribution in [0, 0.1) is 5.92 Å². The van der Waals surface area contributed by atoms with E-state index < -0.39 is 6.09 Å². The van der Waals surface area contributed by atoms with Crippen LogP contribution in [0.4, 0.5) is 4.79 Å². The Morgan fingerprint density at radius 1 is 1.04 bits per heavy atom. The summed E-state index contributed by atoms with van der Waals surface area (Å²) in [5, 5.41) is 9.07. The number of rotatable bonds is 4. The normalized spacial score (nSPS) is 17.2. The number of benzene rings is 1. The number of nitrogens with one attached hydrogen (secondary N) is 1. The van der Waals surface area contributed by atoms with Crippen LogP contribution < -0.4 is 5.69 Å². The Labute approximate surface area is 156 Å². The first kappa shape index (κ1) is 17.4. The zero-order valence-corrected chi connectivity index (χ0v) is 14.9. The molecule has 2 aliphatic rings. The predicted molar refractivity (Wildman–Crippen MR) is 98.3 cm³/mol. The summed E-state index contributed by atoms with van der Waals surface area (Å²) in [6.45, 7) is 1.21. The lowest BCUT2D eigenvalue weighted by molar-refractivity contribution is 0.0618. The Bertz CT molecular complexity index is 906. The van der Waals surface area contributed by atoms with Crippen molar-refractivity contribution in [3.63, 3.8) is 0 Å². The number of carbonyl (C=O) groups excluding carboxylic acids is 1.